The van der Waals surface area contributed by atoms with Gasteiger partial charge in [0, 0.05) is 31.6 Å². The normalized spacial score (nSPS) is 17.3. The van der Waals surface area contributed by atoms with Gasteiger partial charge in [-0.15, -0.1) is 0 Å². The van der Waals surface area contributed by atoms with Gasteiger partial charge in [-0.25, -0.2) is 0 Å². The number of fused-ring (bicyclic) bond motifs is 1. The summed E-state index contributed by atoms with van der Waals surface area (Å²) >= 11 is 0. The maximum Gasteiger partial charge on any atom is 0.307 e. The molecule has 1 aliphatic rings. The SMILES string of the molecule is CN1CCN(Cn2c(OS(C)(=O)=O)c(OS(C)(=O)=O)c3ccccc32)CC1. The Hall–Kier alpha value is -1.82. The number of hydrogen-bond donors (Lipinski definition) is 0. The molecule has 27 heavy (non-hydrogen) atoms. The minimum absolute atomic E-state index is 0.118. The van der Waals surface area contributed by atoms with E-state index in [2.05, 4.69) is 9.80 Å². The smallest absolute Gasteiger partial charge is 0.307 e. The highest BCUT2D eigenvalue weighted by Crippen LogP contribution is 2.41. The van der Waals surface area contributed by atoms with E-state index in [0.717, 1.165) is 38.7 Å². The fourth-order valence-electron chi connectivity index (χ4n) is 3.04. The first-order chi connectivity index (χ1) is 12.5. The largest absolute Gasteiger partial charge is 0.376 e. The number of likely N-dealkylation sites (N-methyl/N-ethyl adjacent to an activating group) is 1. The van der Waals surface area contributed by atoms with Gasteiger partial charge in [-0.1, -0.05) is 12.1 Å². The van der Waals surface area contributed by atoms with E-state index < -0.39 is 20.2 Å². The number of piperazine rings is 1. The van der Waals surface area contributed by atoms with E-state index in [-0.39, 0.29) is 11.6 Å². The van der Waals surface area contributed by atoms with Gasteiger partial charge in [-0.3, -0.25) is 9.47 Å². The lowest BCUT2D eigenvalue weighted by molar-refractivity contribution is 0.124. The lowest BCUT2D eigenvalue weighted by Gasteiger charge is -2.32. The van der Waals surface area contributed by atoms with Crippen LogP contribution in [0.25, 0.3) is 10.9 Å². The molecule has 3 rings (SSSR count). The average Bonchev–Trinajstić information content (AvgIpc) is 2.81. The molecule has 1 saturated heterocycles. The zero-order valence-corrected chi connectivity index (χ0v) is 17.1. The summed E-state index contributed by atoms with van der Waals surface area (Å²) in [6, 6.07) is 6.96. The molecule has 1 fully saturated rings. The highest BCUT2D eigenvalue weighted by atomic mass is 32.2. The van der Waals surface area contributed by atoms with Crippen molar-refractivity contribution < 1.29 is 25.2 Å². The lowest BCUT2D eigenvalue weighted by Crippen LogP contribution is -2.44. The standard InChI is InChI=1S/C16H23N3O6S2/c1-17-8-10-18(11-9-17)12-19-14-7-5-4-6-13(14)15(24-26(2,20)21)16(19)25-27(3,22)23/h4-7H,8-12H2,1-3H3. The van der Waals surface area contributed by atoms with E-state index >= 15 is 0 Å². The predicted molar refractivity (Wildman–Crippen MR) is 102 cm³/mol. The Morgan fingerprint density at radius 1 is 0.926 bits per heavy atom. The summed E-state index contributed by atoms with van der Waals surface area (Å²) in [5.41, 5.74) is 0.633. The first kappa shape index (κ1) is 19.9. The van der Waals surface area contributed by atoms with Crippen LogP contribution in [0.1, 0.15) is 0 Å². The summed E-state index contributed by atoms with van der Waals surface area (Å²) in [5.74, 6) is -0.254. The monoisotopic (exact) mass is 417 g/mol. The quantitative estimate of drug-likeness (QED) is 0.628. The number of hydrogen-bond acceptors (Lipinski definition) is 8. The summed E-state index contributed by atoms with van der Waals surface area (Å²) < 4.78 is 59.1. The molecule has 1 aromatic carbocycles. The van der Waals surface area contributed by atoms with Crippen molar-refractivity contribution >= 4 is 31.1 Å². The third-order valence-electron chi connectivity index (χ3n) is 4.28. The highest BCUT2D eigenvalue weighted by molar-refractivity contribution is 7.86. The molecule has 2 heterocycles. The highest BCUT2D eigenvalue weighted by Gasteiger charge is 2.27. The van der Waals surface area contributed by atoms with Gasteiger partial charge in [-0.2, -0.15) is 16.8 Å². The van der Waals surface area contributed by atoms with E-state index in [0.29, 0.717) is 17.6 Å². The van der Waals surface area contributed by atoms with Crippen LogP contribution in [0.5, 0.6) is 11.6 Å². The van der Waals surface area contributed by atoms with Crippen LogP contribution in [-0.4, -0.2) is 76.9 Å². The van der Waals surface area contributed by atoms with Crippen LogP contribution in [0.3, 0.4) is 0 Å². The van der Waals surface area contributed by atoms with Crippen molar-refractivity contribution in [3.63, 3.8) is 0 Å². The van der Waals surface area contributed by atoms with Crippen molar-refractivity contribution in [1.82, 2.24) is 14.4 Å². The summed E-state index contributed by atoms with van der Waals surface area (Å²) in [6.07, 6.45) is 1.82. The van der Waals surface area contributed by atoms with Gasteiger partial charge >= 0.3 is 20.2 Å². The second kappa shape index (κ2) is 7.30. The Morgan fingerprint density at radius 2 is 1.52 bits per heavy atom. The third-order valence-corrected chi connectivity index (χ3v) is 5.21. The van der Waals surface area contributed by atoms with Gasteiger partial charge in [-0.05, 0) is 19.2 Å². The van der Waals surface area contributed by atoms with Gasteiger partial charge in [0.05, 0.1) is 24.7 Å². The Kier molecular flexibility index (Phi) is 5.39. The molecule has 0 radical (unpaired) electrons. The second-order valence-electron chi connectivity index (χ2n) is 6.72. The molecule has 0 aliphatic carbocycles. The minimum Gasteiger partial charge on any atom is -0.376 e. The molecule has 0 bridgehead atoms. The summed E-state index contributed by atoms with van der Waals surface area (Å²) in [5, 5.41) is 0.468. The predicted octanol–water partition coefficient (Wildman–Crippen LogP) is 0.523. The molecule has 0 N–H and O–H groups in total. The van der Waals surface area contributed by atoms with Crippen molar-refractivity contribution in [3.05, 3.63) is 24.3 Å². The van der Waals surface area contributed by atoms with E-state index in [1.165, 1.54) is 0 Å². The zero-order chi connectivity index (χ0) is 19.8. The van der Waals surface area contributed by atoms with Crippen molar-refractivity contribution in [1.29, 1.82) is 0 Å². The number of nitrogens with zero attached hydrogens (tertiary/aromatic N) is 3. The molecule has 150 valence electrons. The molecular formula is C16H23N3O6S2. The second-order valence-corrected chi connectivity index (χ2v) is 9.87. The van der Waals surface area contributed by atoms with Crippen LogP contribution in [0, 0.1) is 0 Å². The van der Waals surface area contributed by atoms with E-state index in [4.69, 9.17) is 8.37 Å². The molecule has 0 saturated carbocycles. The number of aromatic nitrogens is 1. The summed E-state index contributed by atoms with van der Waals surface area (Å²) in [4.78, 5) is 4.35. The lowest BCUT2D eigenvalue weighted by atomic mass is 10.2. The summed E-state index contributed by atoms with van der Waals surface area (Å²) in [7, 11) is -5.74. The number of para-hydroxylation sites is 1. The topological polar surface area (TPSA) is 98.2 Å². The number of rotatable bonds is 6. The fraction of sp³-hybridized carbons (Fsp3) is 0.500. The van der Waals surface area contributed by atoms with Crippen LogP contribution in [0.4, 0.5) is 0 Å². The van der Waals surface area contributed by atoms with E-state index in [1.807, 2.05) is 7.05 Å². The third kappa shape index (κ3) is 4.92. The molecule has 1 aromatic heterocycles. The van der Waals surface area contributed by atoms with E-state index in [9.17, 15) is 16.8 Å². The Labute approximate surface area is 159 Å². The Balaban J connectivity index is 2.13. The molecule has 11 heteroatoms. The maximum absolute atomic E-state index is 11.8. The average molecular weight is 418 g/mol. The molecule has 9 nitrogen and oxygen atoms in total. The van der Waals surface area contributed by atoms with Gasteiger partial charge in [0.25, 0.3) is 5.88 Å². The molecule has 0 spiro atoms. The Morgan fingerprint density at radius 3 is 2.11 bits per heavy atom. The number of benzene rings is 1. The van der Waals surface area contributed by atoms with E-state index in [1.54, 1.807) is 28.8 Å². The first-order valence-electron chi connectivity index (χ1n) is 8.34. The molecule has 0 amide bonds. The molecule has 0 unspecified atom stereocenters. The van der Waals surface area contributed by atoms with Crippen LogP contribution < -0.4 is 8.37 Å². The van der Waals surface area contributed by atoms with Crippen molar-refractivity contribution in [2.75, 3.05) is 45.7 Å². The molecule has 1 aliphatic heterocycles. The maximum atomic E-state index is 11.8. The van der Waals surface area contributed by atoms with Crippen LogP contribution >= 0.6 is 0 Å². The van der Waals surface area contributed by atoms with Crippen LogP contribution in [0.15, 0.2) is 24.3 Å². The fourth-order valence-corrected chi connectivity index (χ4v) is 3.95. The first-order valence-corrected chi connectivity index (χ1v) is 12.0. The van der Waals surface area contributed by atoms with Crippen LogP contribution in [-0.2, 0) is 26.9 Å². The van der Waals surface area contributed by atoms with Crippen molar-refractivity contribution in [2.24, 2.45) is 0 Å². The molecular weight excluding hydrogens is 394 g/mol. The van der Waals surface area contributed by atoms with Crippen molar-refractivity contribution in [2.45, 2.75) is 6.67 Å². The van der Waals surface area contributed by atoms with Gasteiger partial charge in [0.2, 0.25) is 5.75 Å². The zero-order valence-electron chi connectivity index (χ0n) is 15.5. The van der Waals surface area contributed by atoms with Crippen LogP contribution in [0.2, 0.25) is 0 Å². The van der Waals surface area contributed by atoms with Gasteiger partial charge < -0.3 is 13.3 Å². The molecule has 2 aromatic rings. The van der Waals surface area contributed by atoms with Crippen molar-refractivity contribution in [3.8, 4) is 11.6 Å². The summed E-state index contributed by atoms with van der Waals surface area (Å²) in [6.45, 7) is 3.71. The minimum atomic E-state index is -3.90. The van der Waals surface area contributed by atoms with Gasteiger partial charge in [0.1, 0.15) is 0 Å². The molecule has 0 atom stereocenters. The van der Waals surface area contributed by atoms with Gasteiger partial charge in [0.15, 0.2) is 0 Å². The Bertz CT molecular complexity index is 1040.